The molecule has 0 spiro atoms. The van der Waals surface area contributed by atoms with Crippen LogP contribution in [0.2, 0.25) is 0 Å². The van der Waals surface area contributed by atoms with Gasteiger partial charge in [-0.3, -0.25) is 0 Å². The predicted octanol–water partition coefficient (Wildman–Crippen LogP) is 4.24. The minimum Gasteiger partial charge on any atom is -0.484 e. The van der Waals surface area contributed by atoms with Gasteiger partial charge in [0.05, 0.1) is 0 Å². The second kappa shape index (κ2) is 6.02. The summed E-state index contributed by atoms with van der Waals surface area (Å²) in [6, 6.07) is 14.0. The Morgan fingerprint density at radius 2 is 1.68 bits per heavy atom. The Kier molecular flexibility index (Phi) is 3.92. The number of hydrogen-bond acceptors (Lipinski definition) is 4. The maximum atomic E-state index is 5.74. The van der Waals surface area contributed by atoms with Crippen molar-refractivity contribution in [2.45, 2.75) is 27.4 Å². The van der Waals surface area contributed by atoms with E-state index in [0.29, 0.717) is 11.8 Å². The summed E-state index contributed by atoms with van der Waals surface area (Å²) < 4.78 is 11.4. The van der Waals surface area contributed by atoms with Gasteiger partial charge in [0, 0.05) is 5.56 Å². The molecule has 0 aliphatic rings. The maximum Gasteiger partial charge on any atom is 0.254 e. The molecule has 0 fully saturated rings. The number of nitrogens with zero attached hydrogens (tertiary/aromatic N) is 2. The number of aromatic nitrogens is 2. The summed E-state index contributed by atoms with van der Waals surface area (Å²) >= 11 is 0. The molecule has 3 rings (SSSR count). The Bertz CT molecular complexity index is 773. The highest BCUT2D eigenvalue weighted by molar-refractivity contribution is 5.57. The average molecular weight is 294 g/mol. The summed E-state index contributed by atoms with van der Waals surface area (Å²) in [6.45, 7) is 6.37. The van der Waals surface area contributed by atoms with Gasteiger partial charge in [-0.2, -0.15) is 0 Å². The van der Waals surface area contributed by atoms with E-state index in [0.717, 1.165) is 16.9 Å². The van der Waals surface area contributed by atoms with Gasteiger partial charge in [0.25, 0.3) is 5.89 Å². The third-order valence-corrected chi connectivity index (χ3v) is 3.40. The fourth-order valence-electron chi connectivity index (χ4n) is 2.39. The number of aryl methyl sites for hydroxylation is 3. The molecule has 4 nitrogen and oxygen atoms in total. The van der Waals surface area contributed by atoms with E-state index in [1.54, 1.807) is 0 Å². The molecule has 1 aromatic heterocycles. The molecule has 0 N–H and O–H groups in total. The Labute approximate surface area is 129 Å². The Hall–Kier alpha value is -2.62. The van der Waals surface area contributed by atoms with Gasteiger partial charge in [-0.25, -0.2) is 0 Å². The molecule has 0 atom stereocenters. The number of ether oxygens (including phenoxy) is 1. The molecule has 4 heteroatoms. The lowest BCUT2D eigenvalue weighted by atomic mass is 10.1. The van der Waals surface area contributed by atoms with Crippen LogP contribution in [0.4, 0.5) is 0 Å². The van der Waals surface area contributed by atoms with Crippen LogP contribution in [0.1, 0.15) is 22.6 Å². The SMILES string of the molecule is Cc1cc(C)cc(OCc2nnc(-c3ccccc3C)o2)c1. The quantitative estimate of drug-likeness (QED) is 0.722. The van der Waals surface area contributed by atoms with Crippen molar-refractivity contribution in [3.8, 4) is 17.2 Å². The Morgan fingerprint density at radius 1 is 0.955 bits per heavy atom. The lowest BCUT2D eigenvalue weighted by Gasteiger charge is -2.05. The lowest BCUT2D eigenvalue weighted by Crippen LogP contribution is -1.96. The zero-order valence-corrected chi connectivity index (χ0v) is 13.0. The van der Waals surface area contributed by atoms with Crippen molar-refractivity contribution < 1.29 is 9.15 Å². The van der Waals surface area contributed by atoms with E-state index >= 15 is 0 Å². The van der Waals surface area contributed by atoms with Gasteiger partial charge in [0.15, 0.2) is 6.61 Å². The van der Waals surface area contributed by atoms with E-state index in [-0.39, 0.29) is 6.61 Å². The standard InChI is InChI=1S/C18H18N2O2/c1-12-8-13(2)10-15(9-12)21-11-17-19-20-18(22-17)16-7-5-4-6-14(16)3/h4-10H,11H2,1-3H3. The van der Waals surface area contributed by atoms with Crippen molar-refractivity contribution in [3.05, 3.63) is 65.0 Å². The lowest BCUT2D eigenvalue weighted by molar-refractivity contribution is 0.264. The molecule has 0 aliphatic carbocycles. The highest BCUT2D eigenvalue weighted by atomic mass is 16.5. The predicted molar refractivity (Wildman–Crippen MR) is 84.7 cm³/mol. The summed E-state index contributed by atoms with van der Waals surface area (Å²) in [6.07, 6.45) is 0. The van der Waals surface area contributed by atoms with Gasteiger partial charge < -0.3 is 9.15 Å². The van der Waals surface area contributed by atoms with Crippen LogP contribution in [-0.2, 0) is 6.61 Å². The molecule has 1 heterocycles. The van der Waals surface area contributed by atoms with Gasteiger partial charge in [-0.05, 0) is 55.7 Å². The van der Waals surface area contributed by atoms with Gasteiger partial charge in [-0.15, -0.1) is 10.2 Å². The summed E-state index contributed by atoms with van der Waals surface area (Å²) in [5, 5.41) is 8.15. The highest BCUT2D eigenvalue weighted by Crippen LogP contribution is 2.22. The van der Waals surface area contributed by atoms with Crippen molar-refractivity contribution in [1.82, 2.24) is 10.2 Å². The smallest absolute Gasteiger partial charge is 0.254 e. The number of benzene rings is 2. The zero-order chi connectivity index (χ0) is 15.5. The first-order valence-electron chi connectivity index (χ1n) is 7.21. The molecular weight excluding hydrogens is 276 g/mol. The van der Waals surface area contributed by atoms with Gasteiger partial charge >= 0.3 is 0 Å². The van der Waals surface area contributed by atoms with Crippen LogP contribution < -0.4 is 4.74 Å². The summed E-state index contributed by atoms with van der Waals surface area (Å²) in [7, 11) is 0. The molecule has 2 aromatic carbocycles. The number of rotatable bonds is 4. The van der Waals surface area contributed by atoms with E-state index in [2.05, 4.69) is 16.3 Å². The van der Waals surface area contributed by atoms with Crippen molar-refractivity contribution in [2.24, 2.45) is 0 Å². The Morgan fingerprint density at radius 3 is 2.41 bits per heavy atom. The summed E-state index contributed by atoms with van der Waals surface area (Å²) in [5.74, 6) is 1.81. The molecule has 0 saturated carbocycles. The summed E-state index contributed by atoms with van der Waals surface area (Å²) in [5.41, 5.74) is 4.39. The third kappa shape index (κ3) is 3.17. The van der Waals surface area contributed by atoms with Crippen LogP contribution in [0.15, 0.2) is 46.9 Å². The van der Waals surface area contributed by atoms with E-state index in [9.17, 15) is 0 Å². The van der Waals surface area contributed by atoms with Crippen molar-refractivity contribution in [2.75, 3.05) is 0 Å². The van der Waals surface area contributed by atoms with Gasteiger partial charge in [0.1, 0.15) is 5.75 Å². The maximum absolute atomic E-state index is 5.74. The molecule has 0 aliphatic heterocycles. The van der Waals surface area contributed by atoms with Crippen LogP contribution in [0.3, 0.4) is 0 Å². The normalized spacial score (nSPS) is 10.7. The molecule has 0 amide bonds. The topological polar surface area (TPSA) is 48.2 Å². The van der Waals surface area contributed by atoms with Crippen LogP contribution >= 0.6 is 0 Å². The molecule has 0 unspecified atom stereocenters. The third-order valence-electron chi connectivity index (χ3n) is 3.40. The first kappa shape index (κ1) is 14.3. The van der Waals surface area contributed by atoms with Gasteiger partial charge in [0.2, 0.25) is 5.89 Å². The van der Waals surface area contributed by atoms with E-state index < -0.39 is 0 Å². The second-order valence-electron chi connectivity index (χ2n) is 5.43. The molecule has 0 bridgehead atoms. The monoisotopic (exact) mass is 294 g/mol. The molecule has 0 saturated heterocycles. The van der Waals surface area contributed by atoms with Crippen LogP contribution in [0, 0.1) is 20.8 Å². The van der Waals surface area contributed by atoms with E-state index in [1.165, 1.54) is 11.1 Å². The van der Waals surface area contributed by atoms with Crippen LogP contribution in [0.25, 0.3) is 11.5 Å². The van der Waals surface area contributed by atoms with E-state index in [1.807, 2.05) is 57.2 Å². The fourth-order valence-corrected chi connectivity index (χ4v) is 2.39. The molecule has 0 radical (unpaired) electrons. The summed E-state index contributed by atoms with van der Waals surface area (Å²) in [4.78, 5) is 0. The molecule has 112 valence electrons. The first-order chi connectivity index (χ1) is 10.6. The van der Waals surface area contributed by atoms with Crippen molar-refractivity contribution in [3.63, 3.8) is 0 Å². The second-order valence-corrected chi connectivity index (χ2v) is 5.43. The van der Waals surface area contributed by atoms with Crippen molar-refractivity contribution in [1.29, 1.82) is 0 Å². The minimum absolute atomic E-state index is 0.266. The fraction of sp³-hybridized carbons (Fsp3) is 0.222. The van der Waals surface area contributed by atoms with E-state index in [4.69, 9.17) is 9.15 Å². The zero-order valence-electron chi connectivity index (χ0n) is 13.0. The Balaban J connectivity index is 1.73. The molecule has 22 heavy (non-hydrogen) atoms. The van der Waals surface area contributed by atoms with Crippen LogP contribution in [0.5, 0.6) is 5.75 Å². The number of hydrogen-bond donors (Lipinski definition) is 0. The first-order valence-corrected chi connectivity index (χ1v) is 7.21. The average Bonchev–Trinajstić information content (AvgIpc) is 2.93. The molecule has 3 aromatic rings. The van der Waals surface area contributed by atoms with Gasteiger partial charge in [-0.1, -0.05) is 24.3 Å². The van der Waals surface area contributed by atoms with Crippen molar-refractivity contribution >= 4 is 0 Å². The minimum atomic E-state index is 0.266. The highest BCUT2D eigenvalue weighted by Gasteiger charge is 2.11. The molecular formula is C18H18N2O2. The largest absolute Gasteiger partial charge is 0.484 e. The van der Waals surface area contributed by atoms with Crippen LogP contribution in [-0.4, -0.2) is 10.2 Å².